The van der Waals surface area contributed by atoms with Gasteiger partial charge in [-0.15, -0.1) is 0 Å². The van der Waals surface area contributed by atoms with Crippen molar-refractivity contribution < 1.29 is 4.74 Å². The highest BCUT2D eigenvalue weighted by Crippen LogP contribution is 2.25. The van der Waals surface area contributed by atoms with E-state index < -0.39 is 5.54 Å². The molecule has 0 atom stereocenters. The summed E-state index contributed by atoms with van der Waals surface area (Å²) in [5.41, 5.74) is 7.77. The first-order valence-electron chi connectivity index (χ1n) is 4.52. The van der Waals surface area contributed by atoms with Gasteiger partial charge in [-0.25, -0.2) is 0 Å². The van der Waals surface area contributed by atoms with E-state index >= 15 is 0 Å². The second-order valence-corrected chi connectivity index (χ2v) is 4.39. The molecule has 2 nitrogen and oxygen atoms in total. The van der Waals surface area contributed by atoms with Gasteiger partial charge in [0.05, 0.1) is 6.61 Å². The average molecular weight is 214 g/mol. The molecule has 0 saturated heterocycles. The van der Waals surface area contributed by atoms with Gasteiger partial charge in [0.1, 0.15) is 0 Å². The van der Waals surface area contributed by atoms with Gasteiger partial charge < -0.3 is 10.5 Å². The Morgan fingerprint density at radius 1 is 1.43 bits per heavy atom. The molecule has 14 heavy (non-hydrogen) atoms. The molecular weight excluding hydrogens is 198 g/mol. The van der Waals surface area contributed by atoms with E-state index in [2.05, 4.69) is 0 Å². The molecule has 78 valence electrons. The first-order chi connectivity index (χ1) is 6.45. The zero-order valence-electron chi connectivity index (χ0n) is 8.80. The van der Waals surface area contributed by atoms with Crippen molar-refractivity contribution in [3.63, 3.8) is 0 Å². The summed E-state index contributed by atoms with van der Waals surface area (Å²) in [5, 5.41) is 0.707. The van der Waals surface area contributed by atoms with Crippen molar-refractivity contribution in [2.24, 2.45) is 5.73 Å². The molecule has 0 heterocycles. The molecule has 0 spiro atoms. The van der Waals surface area contributed by atoms with Crippen LogP contribution in [0.3, 0.4) is 0 Å². The fraction of sp³-hybridized carbons (Fsp3) is 0.455. The van der Waals surface area contributed by atoms with Crippen LogP contribution < -0.4 is 5.73 Å². The van der Waals surface area contributed by atoms with Crippen molar-refractivity contribution >= 4 is 11.6 Å². The third-order valence-corrected chi connectivity index (χ3v) is 2.30. The molecule has 3 heteroatoms. The van der Waals surface area contributed by atoms with Crippen LogP contribution in [-0.4, -0.2) is 7.11 Å². The monoisotopic (exact) mass is 213 g/mol. The van der Waals surface area contributed by atoms with E-state index in [1.54, 1.807) is 7.11 Å². The molecule has 0 aliphatic carbocycles. The first kappa shape index (κ1) is 11.5. The summed E-state index contributed by atoms with van der Waals surface area (Å²) < 4.78 is 5.10. The number of halogens is 1. The zero-order valence-corrected chi connectivity index (χ0v) is 9.56. The van der Waals surface area contributed by atoms with Crippen LogP contribution in [0.15, 0.2) is 18.2 Å². The number of nitrogens with two attached hydrogens (primary N) is 1. The van der Waals surface area contributed by atoms with E-state index in [0.717, 1.165) is 11.1 Å². The van der Waals surface area contributed by atoms with Crippen LogP contribution in [0.1, 0.15) is 25.0 Å². The number of ether oxygens (including phenoxy) is 1. The second kappa shape index (κ2) is 4.30. The van der Waals surface area contributed by atoms with Gasteiger partial charge in [0, 0.05) is 17.7 Å². The minimum absolute atomic E-state index is 0.390. The van der Waals surface area contributed by atoms with Crippen molar-refractivity contribution in [3.8, 4) is 0 Å². The molecule has 0 fully saturated rings. The van der Waals surface area contributed by atoms with Crippen molar-refractivity contribution in [2.45, 2.75) is 26.0 Å². The van der Waals surface area contributed by atoms with E-state index in [0.29, 0.717) is 11.6 Å². The predicted molar refractivity (Wildman–Crippen MR) is 59.4 cm³/mol. The summed E-state index contributed by atoms with van der Waals surface area (Å²) in [5.74, 6) is 0. The lowest BCUT2D eigenvalue weighted by Gasteiger charge is -2.23. The first-order valence-corrected chi connectivity index (χ1v) is 4.89. The van der Waals surface area contributed by atoms with Gasteiger partial charge in [0.15, 0.2) is 0 Å². The van der Waals surface area contributed by atoms with Crippen LogP contribution >= 0.6 is 11.6 Å². The lowest BCUT2D eigenvalue weighted by molar-refractivity contribution is 0.183. The summed E-state index contributed by atoms with van der Waals surface area (Å²) >= 11 is 5.93. The summed E-state index contributed by atoms with van der Waals surface area (Å²) in [6, 6.07) is 5.71. The molecule has 1 rings (SSSR count). The Hall–Kier alpha value is -0.570. The maximum absolute atomic E-state index is 6.04. The summed E-state index contributed by atoms with van der Waals surface area (Å²) in [4.78, 5) is 0. The summed E-state index contributed by atoms with van der Waals surface area (Å²) in [7, 11) is 1.67. The van der Waals surface area contributed by atoms with Gasteiger partial charge in [-0.1, -0.05) is 17.7 Å². The maximum Gasteiger partial charge on any atom is 0.0716 e. The third kappa shape index (κ3) is 2.71. The van der Waals surface area contributed by atoms with E-state index in [4.69, 9.17) is 22.1 Å². The largest absolute Gasteiger partial charge is 0.380 e. The highest BCUT2D eigenvalue weighted by atomic mass is 35.5. The Morgan fingerprint density at radius 3 is 2.57 bits per heavy atom. The maximum atomic E-state index is 6.04. The highest BCUT2D eigenvalue weighted by molar-refractivity contribution is 6.30. The third-order valence-electron chi connectivity index (χ3n) is 2.07. The lowest BCUT2D eigenvalue weighted by atomic mass is 9.91. The number of hydrogen-bond acceptors (Lipinski definition) is 2. The van der Waals surface area contributed by atoms with Crippen LogP contribution in [0, 0.1) is 0 Å². The molecule has 0 aliphatic rings. The Balaban J connectivity index is 3.16. The zero-order chi connectivity index (χ0) is 10.8. The molecule has 0 bridgehead atoms. The van der Waals surface area contributed by atoms with Gasteiger partial charge >= 0.3 is 0 Å². The van der Waals surface area contributed by atoms with Gasteiger partial charge in [0.25, 0.3) is 0 Å². The fourth-order valence-corrected chi connectivity index (χ4v) is 1.60. The molecule has 0 unspecified atom stereocenters. The predicted octanol–water partition coefficient (Wildman–Crippen LogP) is 2.68. The number of rotatable bonds is 3. The Labute approximate surface area is 90.0 Å². The van der Waals surface area contributed by atoms with Crippen LogP contribution in [-0.2, 0) is 16.9 Å². The molecule has 1 aromatic carbocycles. The van der Waals surface area contributed by atoms with Crippen molar-refractivity contribution in [1.82, 2.24) is 0 Å². The van der Waals surface area contributed by atoms with Crippen molar-refractivity contribution in [2.75, 3.05) is 7.11 Å². The minimum Gasteiger partial charge on any atom is -0.380 e. The van der Waals surface area contributed by atoms with Gasteiger partial charge in [-0.05, 0) is 37.1 Å². The van der Waals surface area contributed by atoms with Crippen LogP contribution in [0.4, 0.5) is 0 Å². The Kier molecular flexibility index (Phi) is 3.53. The Bertz CT molecular complexity index is 318. The standard InChI is InChI=1S/C11H16ClNO/c1-11(2,13)10-6-9(12)5-4-8(10)7-14-3/h4-6H,7,13H2,1-3H3. The van der Waals surface area contributed by atoms with Gasteiger partial charge in [-0.2, -0.15) is 0 Å². The average Bonchev–Trinajstić information content (AvgIpc) is 2.07. The fourth-order valence-electron chi connectivity index (χ4n) is 1.43. The smallest absolute Gasteiger partial charge is 0.0716 e. The summed E-state index contributed by atoms with van der Waals surface area (Å²) in [6.45, 7) is 4.47. The van der Waals surface area contributed by atoms with Crippen LogP contribution in [0.25, 0.3) is 0 Å². The van der Waals surface area contributed by atoms with E-state index in [1.165, 1.54) is 0 Å². The van der Waals surface area contributed by atoms with Crippen LogP contribution in [0.2, 0.25) is 5.02 Å². The highest BCUT2D eigenvalue weighted by Gasteiger charge is 2.18. The lowest BCUT2D eigenvalue weighted by Crippen LogP contribution is -2.30. The SMILES string of the molecule is COCc1ccc(Cl)cc1C(C)(C)N. The van der Waals surface area contributed by atoms with Gasteiger partial charge in [-0.3, -0.25) is 0 Å². The topological polar surface area (TPSA) is 35.2 Å². The molecule has 2 N–H and O–H groups in total. The second-order valence-electron chi connectivity index (χ2n) is 3.96. The minimum atomic E-state index is -0.390. The molecule has 0 aliphatic heterocycles. The Morgan fingerprint density at radius 2 is 2.07 bits per heavy atom. The molecule has 0 radical (unpaired) electrons. The molecular formula is C11H16ClNO. The summed E-state index contributed by atoms with van der Waals surface area (Å²) in [6.07, 6.45) is 0. The normalized spacial score (nSPS) is 11.8. The number of hydrogen-bond donors (Lipinski definition) is 1. The van der Waals surface area contributed by atoms with E-state index in [9.17, 15) is 0 Å². The number of benzene rings is 1. The van der Waals surface area contributed by atoms with Crippen molar-refractivity contribution in [1.29, 1.82) is 0 Å². The molecule has 0 saturated carbocycles. The molecule has 1 aromatic rings. The van der Waals surface area contributed by atoms with E-state index in [1.807, 2.05) is 32.0 Å². The van der Waals surface area contributed by atoms with Crippen LogP contribution in [0.5, 0.6) is 0 Å². The van der Waals surface area contributed by atoms with E-state index in [-0.39, 0.29) is 0 Å². The molecule has 0 aromatic heterocycles. The number of methoxy groups -OCH3 is 1. The molecule has 0 amide bonds. The van der Waals surface area contributed by atoms with Crippen molar-refractivity contribution in [3.05, 3.63) is 34.3 Å². The quantitative estimate of drug-likeness (QED) is 0.838. The van der Waals surface area contributed by atoms with Gasteiger partial charge in [0.2, 0.25) is 0 Å².